The standard InChI is InChI=1S/C25H25F2N3O6/c1-35-10-11-36-20-5-3-2-4-18(20)25(26,27)24(34)28-13-15-6-7-17-16(12-15)14-30(23(17)33)19-8-9-21(31)29-22(19)32/h2-7,12,19H,8-11,13-14H2,1H3,(H,28,34)(H,29,31,32). The van der Waals surface area contributed by atoms with E-state index in [1.54, 1.807) is 18.2 Å². The number of amides is 4. The molecule has 36 heavy (non-hydrogen) atoms. The Morgan fingerprint density at radius 3 is 2.69 bits per heavy atom. The molecular formula is C25H25F2N3O6. The van der Waals surface area contributed by atoms with Gasteiger partial charge in [0.1, 0.15) is 18.4 Å². The molecule has 0 saturated carbocycles. The maximum absolute atomic E-state index is 15.0. The van der Waals surface area contributed by atoms with Gasteiger partial charge >= 0.3 is 5.92 Å². The maximum Gasteiger partial charge on any atom is 0.353 e. The van der Waals surface area contributed by atoms with Crippen LogP contribution < -0.4 is 15.4 Å². The molecule has 9 nitrogen and oxygen atoms in total. The van der Waals surface area contributed by atoms with Crippen LogP contribution in [0.3, 0.4) is 0 Å². The zero-order valence-corrected chi connectivity index (χ0v) is 19.5. The van der Waals surface area contributed by atoms with Crippen LogP contribution in [0.1, 0.15) is 39.9 Å². The second kappa shape index (κ2) is 10.4. The van der Waals surface area contributed by atoms with E-state index in [9.17, 15) is 28.0 Å². The Balaban J connectivity index is 1.42. The Morgan fingerprint density at radius 1 is 1.17 bits per heavy atom. The van der Waals surface area contributed by atoms with Gasteiger partial charge in [-0.1, -0.05) is 24.3 Å². The lowest BCUT2D eigenvalue weighted by Crippen LogP contribution is -2.52. The summed E-state index contributed by atoms with van der Waals surface area (Å²) in [6.45, 7) is 0.203. The van der Waals surface area contributed by atoms with Gasteiger partial charge in [0.2, 0.25) is 11.8 Å². The van der Waals surface area contributed by atoms with Crippen LogP contribution in [0.15, 0.2) is 42.5 Å². The fourth-order valence-electron chi connectivity index (χ4n) is 4.24. The van der Waals surface area contributed by atoms with Gasteiger partial charge in [-0.25, -0.2) is 0 Å². The van der Waals surface area contributed by atoms with Crippen LogP contribution in [0.5, 0.6) is 5.75 Å². The number of benzene rings is 2. The summed E-state index contributed by atoms with van der Waals surface area (Å²) in [7, 11) is 1.46. The molecule has 0 bridgehead atoms. The van der Waals surface area contributed by atoms with E-state index in [1.807, 2.05) is 0 Å². The van der Waals surface area contributed by atoms with E-state index in [4.69, 9.17) is 9.47 Å². The van der Waals surface area contributed by atoms with Gasteiger partial charge in [-0.2, -0.15) is 8.78 Å². The number of imide groups is 1. The largest absolute Gasteiger partial charge is 0.491 e. The van der Waals surface area contributed by atoms with E-state index in [2.05, 4.69) is 10.6 Å². The van der Waals surface area contributed by atoms with Crippen molar-refractivity contribution in [3.63, 3.8) is 0 Å². The Labute approximate surface area is 205 Å². The molecule has 4 rings (SSSR count). The molecule has 2 aliphatic heterocycles. The molecule has 2 heterocycles. The molecule has 2 aromatic carbocycles. The lowest BCUT2D eigenvalue weighted by Gasteiger charge is -2.29. The van der Waals surface area contributed by atoms with Crippen LogP contribution in [-0.2, 0) is 38.1 Å². The van der Waals surface area contributed by atoms with Crippen molar-refractivity contribution in [3.05, 3.63) is 64.7 Å². The molecule has 0 aromatic heterocycles. The molecule has 0 spiro atoms. The average Bonchev–Trinajstić information content (AvgIpc) is 3.18. The Hall–Kier alpha value is -3.86. The lowest BCUT2D eigenvalue weighted by atomic mass is 10.0. The topological polar surface area (TPSA) is 114 Å². The number of nitrogens with zero attached hydrogens (tertiary/aromatic N) is 1. The van der Waals surface area contributed by atoms with E-state index in [1.165, 1.54) is 30.2 Å². The highest BCUT2D eigenvalue weighted by atomic mass is 19.3. The van der Waals surface area contributed by atoms with Gasteiger partial charge in [0.15, 0.2) is 0 Å². The second-order valence-corrected chi connectivity index (χ2v) is 8.49. The molecule has 2 aromatic rings. The van der Waals surface area contributed by atoms with Gasteiger partial charge in [0, 0.05) is 32.2 Å². The van der Waals surface area contributed by atoms with Gasteiger partial charge < -0.3 is 19.7 Å². The predicted octanol–water partition coefficient (Wildman–Crippen LogP) is 1.88. The molecule has 0 aliphatic carbocycles. The molecule has 190 valence electrons. The number of methoxy groups -OCH3 is 1. The number of nitrogens with one attached hydrogen (secondary N) is 2. The van der Waals surface area contributed by atoms with Gasteiger partial charge in [0.25, 0.3) is 11.8 Å². The van der Waals surface area contributed by atoms with Gasteiger partial charge in [-0.15, -0.1) is 0 Å². The molecule has 4 amide bonds. The quantitative estimate of drug-likeness (QED) is 0.401. The lowest BCUT2D eigenvalue weighted by molar-refractivity contribution is -0.147. The van der Waals surface area contributed by atoms with Crippen molar-refractivity contribution in [3.8, 4) is 5.75 Å². The van der Waals surface area contributed by atoms with Gasteiger partial charge in [0.05, 0.1) is 12.2 Å². The molecule has 1 saturated heterocycles. The molecule has 1 atom stereocenters. The summed E-state index contributed by atoms with van der Waals surface area (Å²) in [5.74, 6) is -6.69. The molecule has 1 fully saturated rings. The van der Waals surface area contributed by atoms with E-state index in [0.717, 1.165) is 6.07 Å². The first-order valence-corrected chi connectivity index (χ1v) is 11.4. The van der Waals surface area contributed by atoms with E-state index >= 15 is 0 Å². The molecule has 2 N–H and O–H groups in total. The number of alkyl halides is 2. The third-order valence-corrected chi connectivity index (χ3v) is 6.10. The fraction of sp³-hybridized carbons (Fsp3) is 0.360. The Bertz CT molecular complexity index is 1200. The number of halogens is 2. The average molecular weight is 501 g/mol. The van der Waals surface area contributed by atoms with Crippen molar-refractivity contribution in [2.45, 2.75) is 37.9 Å². The number of fused-ring (bicyclic) bond motifs is 1. The Morgan fingerprint density at radius 2 is 1.94 bits per heavy atom. The number of rotatable bonds is 9. The predicted molar refractivity (Wildman–Crippen MR) is 122 cm³/mol. The monoisotopic (exact) mass is 501 g/mol. The highest BCUT2D eigenvalue weighted by Crippen LogP contribution is 2.35. The summed E-state index contributed by atoms with van der Waals surface area (Å²) in [5, 5.41) is 4.49. The number of hydrogen-bond acceptors (Lipinski definition) is 6. The van der Waals surface area contributed by atoms with Crippen LogP contribution in [0.25, 0.3) is 0 Å². The summed E-state index contributed by atoms with van der Waals surface area (Å²) < 4.78 is 40.2. The van der Waals surface area contributed by atoms with Crippen LogP contribution in [0, 0.1) is 0 Å². The normalized spacial score (nSPS) is 17.6. The van der Waals surface area contributed by atoms with E-state index in [-0.39, 0.29) is 56.7 Å². The van der Waals surface area contributed by atoms with E-state index < -0.39 is 29.3 Å². The van der Waals surface area contributed by atoms with E-state index in [0.29, 0.717) is 16.7 Å². The fourth-order valence-corrected chi connectivity index (χ4v) is 4.24. The third-order valence-electron chi connectivity index (χ3n) is 6.10. The number of hydrogen-bond donors (Lipinski definition) is 2. The summed E-state index contributed by atoms with van der Waals surface area (Å²) in [4.78, 5) is 50.2. The minimum Gasteiger partial charge on any atom is -0.491 e. The second-order valence-electron chi connectivity index (χ2n) is 8.49. The first-order chi connectivity index (χ1) is 17.2. The minimum absolute atomic E-state index is 0.0505. The van der Waals surface area contributed by atoms with Crippen molar-refractivity contribution in [2.75, 3.05) is 20.3 Å². The van der Waals surface area contributed by atoms with Crippen molar-refractivity contribution in [1.82, 2.24) is 15.5 Å². The van der Waals surface area contributed by atoms with Crippen LogP contribution >= 0.6 is 0 Å². The van der Waals surface area contributed by atoms with Crippen molar-refractivity contribution < 1.29 is 37.4 Å². The van der Waals surface area contributed by atoms with Crippen LogP contribution in [-0.4, -0.2) is 54.9 Å². The van der Waals surface area contributed by atoms with Crippen molar-refractivity contribution in [1.29, 1.82) is 0 Å². The molecule has 11 heteroatoms. The molecule has 0 radical (unpaired) electrons. The summed E-state index contributed by atoms with van der Waals surface area (Å²) in [6.07, 6.45) is 0.377. The summed E-state index contributed by atoms with van der Waals surface area (Å²) in [6, 6.07) is 9.40. The molecule has 2 aliphatic rings. The first-order valence-electron chi connectivity index (χ1n) is 11.4. The van der Waals surface area contributed by atoms with Gasteiger partial charge in [-0.05, 0) is 35.7 Å². The maximum atomic E-state index is 15.0. The van der Waals surface area contributed by atoms with Crippen LogP contribution in [0.2, 0.25) is 0 Å². The van der Waals surface area contributed by atoms with Gasteiger partial charge in [-0.3, -0.25) is 24.5 Å². The number of piperidine rings is 1. The van der Waals surface area contributed by atoms with Crippen molar-refractivity contribution in [2.24, 2.45) is 0 Å². The number of para-hydroxylation sites is 1. The number of carbonyl (C=O) groups excluding carboxylic acids is 4. The highest BCUT2D eigenvalue weighted by molar-refractivity contribution is 6.05. The molecule has 1 unspecified atom stereocenters. The summed E-state index contributed by atoms with van der Waals surface area (Å²) in [5.41, 5.74) is 0.959. The zero-order valence-electron chi connectivity index (χ0n) is 19.5. The van der Waals surface area contributed by atoms with Crippen LogP contribution in [0.4, 0.5) is 8.78 Å². The number of carbonyl (C=O) groups is 4. The molecular weight excluding hydrogens is 476 g/mol. The number of ether oxygens (including phenoxy) is 2. The highest BCUT2D eigenvalue weighted by Gasteiger charge is 2.43. The minimum atomic E-state index is -3.85. The first kappa shape index (κ1) is 25.2. The SMILES string of the molecule is COCCOc1ccccc1C(F)(F)C(=O)NCc1ccc2c(c1)CN(C1CCC(=O)NC1=O)C2=O. The summed E-state index contributed by atoms with van der Waals surface area (Å²) >= 11 is 0. The third kappa shape index (κ3) is 5.06. The zero-order chi connectivity index (χ0) is 25.9. The van der Waals surface area contributed by atoms with Crippen molar-refractivity contribution >= 4 is 23.6 Å². The Kier molecular flexibility index (Phi) is 7.30. The smallest absolute Gasteiger partial charge is 0.353 e.